The molecule has 3 aromatic carbocycles. The van der Waals surface area contributed by atoms with Crippen molar-refractivity contribution in [3.63, 3.8) is 0 Å². The summed E-state index contributed by atoms with van der Waals surface area (Å²) in [7, 11) is 3.20. The number of piperazine rings is 1. The third kappa shape index (κ3) is 5.46. The number of amides is 2. The molecular weight excluding hydrogens is 494 g/mol. The third-order valence-corrected chi connectivity index (χ3v) is 6.39. The molecule has 0 aliphatic carbocycles. The molecule has 1 aliphatic heterocycles. The summed E-state index contributed by atoms with van der Waals surface area (Å²) in [6.45, 7) is 2.40. The minimum absolute atomic E-state index is 0.148. The van der Waals surface area contributed by atoms with Gasteiger partial charge in [-0.1, -0.05) is 11.6 Å². The lowest BCUT2D eigenvalue weighted by atomic mass is 10.2. The van der Waals surface area contributed by atoms with Gasteiger partial charge in [-0.05, 0) is 54.6 Å². The predicted molar refractivity (Wildman–Crippen MR) is 143 cm³/mol. The number of hydrogen-bond acceptors (Lipinski definition) is 7. The summed E-state index contributed by atoms with van der Waals surface area (Å²) in [5.74, 6) is 3.40. The van der Waals surface area contributed by atoms with Crippen molar-refractivity contribution in [1.82, 2.24) is 14.9 Å². The van der Waals surface area contributed by atoms with E-state index in [4.69, 9.17) is 25.8 Å². The average molecular weight is 520 g/mol. The minimum Gasteiger partial charge on any atom is -0.493 e. The molecule has 2 amide bonds. The summed E-state index contributed by atoms with van der Waals surface area (Å²) in [4.78, 5) is 25.7. The molecule has 10 heteroatoms. The van der Waals surface area contributed by atoms with Gasteiger partial charge in [-0.25, -0.2) is 14.8 Å². The van der Waals surface area contributed by atoms with E-state index in [1.807, 2.05) is 36.4 Å². The molecular formula is C27H26ClN5O4. The maximum Gasteiger partial charge on any atom is 0.321 e. The molecule has 1 fully saturated rings. The molecule has 0 atom stereocenters. The molecule has 1 N–H and O–H groups in total. The number of carbonyl (C=O) groups excluding carboxylic acids is 1. The van der Waals surface area contributed by atoms with Crippen molar-refractivity contribution < 1.29 is 19.0 Å². The van der Waals surface area contributed by atoms with Gasteiger partial charge >= 0.3 is 6.03 Å². The number of fused-ring (bicyclic) bond motifs is 1. The van der Waals surface area contributed by atoms with E-state index in [1.54, 1.807) is 49.7 Å². The number of carbonyl (C=O) groups is 1. The molecule has 0 saturated carbocycles. The van der Waals surface area contributed by atoms with Crippen molar-refractivity contribution in [2.24, 2.45) is 0 Å². The van der Waals surface area contributed by atoms with Gasteiger partial charge in [-0.2, -0.15) is 0 Å². The van der Waals surface area contributed by atoms with Crippen LogP contribution in [-0.4, -0.2) is 61.3 Å². The fourth-order valence-corrected chi connectivity index (χ4v) is 4.32. The van der Waals surface area contributed by atoms with Crippen LogP contribution in [0, 0.1) is 0 Å². The zero-order valence-electron chi connectivity index (χ0n) is 20.5. The predicted octanol–water partition coefficient (Wildman–Crippen LogP) is 5.45. The summed E-state index contributed by atoms with van der Waals surface area (Å²) in [6.07, 6.45) is 1.54. The Hall–Kier alpha value is -4.24. The first-order valence-electron chi connectivity index (χ1n) is 11.7. The molecule has 2 heterocycles. The maximum absolute atomic E-state index is 12.9. The molecule has 0 radical (unpaired) electrons. The molecule has 37 heavy (non-hydrogen) atoms. The largest absolute Gasteiger partial charge is 0.493 e. The summed E-state index contributed by atoms with van der Waals surface area (Å²) >= 11 is 5.91. The van der Waals surface area contributed by atoms with Crippen molar-refractivity contribution >= 4 is 40.0 Å². The Morgan fingerprint density at radius 3 is 2.14 bits per heavy atom. The molecule has 0 unspecified atom stereocenters. The van der Waals surface area contributed by atoms with Crippen LogP contribution in [0.25, 0.3) is 10.9 Å². The Bertz CT molecular complexity index is 1390. The van der Waals surface area contributed by atoms with Gasteiger partial charge in [0.1, 0.15) is 23.6 Å². The normalized spacial score (nSPS) is 13.4. The number of nitrogens with one attached hydrogen (secondary N) is 1. The number of aromatic nitrogens is 2. The number of rotatable bonds is 6. The number of anilines is 2. The van der Waals surface area contributed by atoms with Crippen LogP contribution >= 0.6 is 11.6 Å². The maximum atomic E-state index is 12.9. The van der Waals surface area contributed by atoms with Gasteiger partial charge in [-0.15, -0.1) is 0 Å². The van der Waals surface area contributed by atoms with Crippen LogP contribution in [0.5, 0.6) is 23.0 Å². The lowest BCUT2D eigenvalue weighted by Crippen LogP contribution is -2.50. The monoisotopic (exact) mass is 519 g/mol. The number of ether oxygens (including phenoxy) is 3. The zero-order valence-corrected chi connectivity index (χ0v) is 21.2. The molecule has 1 saturated heterocycles. The molecule has 9 nitrogen and oxygen atoms in total. The van der Waals surface area contributed by atoms with Gasteiger partial charge in [0, 0.05) is 48.3 Å². The zero-order chi connectivity index (χ0) is 25.8. The highest BCUT2D eigenvalue weighted by Crippen LogP contribution is 2.35. The number of methoxy groups -OCH3 is 2. The smallest absolute Gasteiger partial charge is 0.321 e. The summed E-state index contributed by atoms with van der Waals surface area (Å²) in [5.41, 5.74) is 1.46. The Balaban J connectivity index is 1.20. The Morgan fingerprint density at radius 2 is 1.49 bits per heavy atom. The second kappa shape index (κ2) is 10.8. The van der Waals surface area contributed by atoms with Gasteiger partial charge in [0.2, 0.25) is 0 Å². The van der Waals surface area contributed by atoms with E-state index in [-0.39, 0.29) is 6.03 Å². The first-order valence-corrected chi connectivity index (χ1v) is 12.1. The van der Waals surface area contributed by atoms with Crippen molar-refractivity contribution in [2.75, 3.05) is 50.6 Å². The number of urea groups is 1. The Labute approximate surface area is 219 Å². The van der Waals surface area contributed by atoms with E-state index in [0.29, 0.717) is 59.9 Å². The van der Waals surface area contributed by atoms with Crippen molar-refractivity contribution in [3.8, 4) is 23.0 Å². The van der Waals surface area contributed by atoms with E-state index in [0.717, 1.165) is 16.7 Å². The van der Waals surface area contributed by atoms with Crippen molar-refractivity contribution in [2.45, 2.75) is 0 Å². The molecule has 190 valence electrons. The van der Waals surface area contributed by atoms with E-state index < -0.39 is 0 Å². The fourth-order valence-electron chi connectivity index (χ4n) is 4.19. The van der Waals surface area contributed by atoms with Gasteiger partial charge < -0.3 is 29.3 Å². The van der Waals surface area contributed by atoms with E-state index in [9.17, 15) is 4.79 Å². The molecule has 4 aromatic rings. The first kappa shape index (κ1) is 24.5. The number of benzene rings is 3. The summed E-state index contributed by atoms with van der Waals surface area (Å²) < 4.78 is 16.7. The second-order valence-electron chi connectivity index (χ2n) is 8.41. The molecule has 1 aromatic heterocycles. The lowest BCUT2D eigenvalue weighted by Gasteiger charge is -2.35. The van der Waals surface area contributed by atoms with Gasteiger partial charge in [0.05, 0.1) is 19.7 Å². The van der Waals surface area contributed by atoms with Crippen molar-refractivity contribution in [3.05, 3.63) is 72.0 Å². The fraction of sp³-hybridized carbons (Fsp3) is 0.222. The minimum atomic E-state index is -0.148. The quantitative estimate of drug-likeness (QED) is 0.362. The van der Waals surface area contributed by atoms with E-state index >= 15 is 0 Å². The van der Waals surface area contributed by atoms with Crippen LogP contribution in [0.2, 0.25) is 5.02 Å². The van der Waals surface area contributed by atoms with Crippen molar-refractivity contribution in [1.29, 1.82) is 0 Å². The third-order valence-electron chi connectivity index (χ3n) is 6.14. The number of halogens is 1. The highest BCUT2D eigenvalue weighted by molar-refractivity contribution is 6.30. The topological polar surface area (TPSA) is 89.1 Å². The van der Waals surface area contributed by atoms with Crippen LogP contribution in [-0.2, 0) is 0 Å². The van der Waals surface area contributed by atoms with Crippen LogP contribution in [0.15, 0.2) is 67.0 Å². The standard InChI is InChI=1S/C27H26ClN5O4/c1-35-24-15-22-23(16-25(24)36-2)29-17-30-26(22)32-11-13-33(14-12-32)27(34)31-19-5-9-21(10-6-19)37-20-7-3-18(28)4-8-20/h3-10,15-17H,11-14H2,1-2H3,(H,31,34). The van der Waals surface area contributed by atoms with Crippen LogP contribution in [0.3, 0.4) is 0 Å². The van der Waals surface area contributed by atoms with Gasteiger partial charge in [0.15, 0.2) is 11.5 Å². The average Bonchev–Trinajstić information content (AvgIpc) is 2.94. The number of nitrogens with zero attached hydrogens (tertiary/aromatic N) is 4. The van der Waals surface area contributed by atoms with E-state index in [2.05, 4.69) is 20.2 Å². The second-order valence-corrected chi connectivity index (χ2v) is 8.84. The van der Waals surface area contributed by atoms with Crippen LogP contribution < -0.4 is 24.4 Å². The molecule has 0 spiro atoms. The summed E-state index contributed by atoms with van der Waals surface area (Å²) in [5, 5.41) is 4.49. The molecule has 0 bridgehead atoms. The van der Waals surface area contributed by atoms with E-state index in [1.165, 1.54) is 0 Å². The summed E-state index contributed by atoms with van der Waals surface area (Å²) in [6, 6.07) is 18.0. The highest BCUT2D eigenvalue weighted by atomic mass is 35.5. The van der Waals surface area contributed by atoms with Crippen LogP contribution in [0.4, 0.5) is 16.3 Å². The van der Waals surface area contributed by atoms with Crippen LogP contribution in [0.1, 0.15) is 0 Å². The SMILES string of the molecule is COc1cc2ncnc(N3CCN(C(=O)Nc4ccc(Oc5ccc(Cl)cc5)cc4)CC3)c2cc1OC. The van der Waals surface area contributed by atoms with Gasteiger partial charge in [-0.3, -0.25) is 0 Å². The Kier molecular flexibility index (Phi) is 7.14. The first-order chi connectivity index (χ1) is 18.0. The highest BCUT2D eigenvalue weighted by Gasteiger charge is 2.24. The number of hydrogen-bond donors (Lipinski definition) is 1. The molecule has 5 rings (SSSR count). The molecule has 1 aliphatic rings. The van der Waals surface area contributed by atoms with Gasteiger partial charge in [0.25, 0.3) is 0 Å². The lowest BCUT2D eigenvalue weighted by molar-refractivity contribution is 0.208. The Morgan fingerprint density at radius 1 is 0.865 bits per heavy atom.